The number of hydrogen-bond donors (Lipinski definition) is 0. The van der Waals surface area contributed by atoms with Crippen molar-refractivity contribution >= 4 is 17.7 Å². The minimum absolute atomic E-state index is 0.301. The third kappa shape index (κ3) is 5.84. The predicted molar refractivity (Wildman–Crippen MR) is 96.9 cm³/mol. The largest absolute Gasteiger partial charge is 0.459 e. The number of Topliss-reactive ketones (excluding diaryl/α,β-unsaturated/α-hetero) is 1. The molecule has 5 heteroatoms. The number of ether oxygens (including phenoxy) is 2. The highest BCUT2D eigenvalue weighted by Gasteiger charge is 2.21. The molecule has 2 aromatic rings. The molecular weight excluding hydrogens is 332 g/mol. The molecule has 0 fully saturated rings. The highest BCUT2D eigenvalue weighted by molar-refractivity contribution is 6.40. The molecule has 5 nitrogen and oxygen atoms in total. The van der Waals surface area contributed by atoms with Crippen LogP contribution in [0, 0.1) is 0 Å². The van der Waals surface area contributed by atoms with Crippen molar-refractivity contribution in [1.82, 2.24) is 0 Å². The molecule has 0 heterocycles. The number of rotatable bonds is 8. The zero-order valence-corrected chi connectivity index (χ0v) is 14.9. The predicted octanol–water partition coefficient (Wildman–Crippen LogP) is 3.83. The van der Waals surface area contributed by atoms with E-state index in [-0.39, 0.29) is 12.1 Å². The van der Waals surface area contributed by atoms with Crippen molar-refractivity contribution in [3.63, 3.8) is 0 Å². The number of hydrogen-bond acceptors (Lipinski definition) is 5. The van der Waals surface area contributed by atoms with Crippen LogP contribution in [0.3, 0.4) is 0 Å². The topological polar surface area (TPSA) is 69.7 Å². The fourth-order valence-electron chi connectivity index (χ4n) is 2.36. The third-order valence-corrected chi connectivity index (χ3v) is 3.83. The molecule has 0 aliphatic heterocycles. The Hall–Kier alpha value is -2.95. The lowest BCUT2D eigenvalue weighted by atomic mass is 10.1. The van der Waals surface area contributed by atoms with Gasteiger partial charge in [0.1, 0.15) is 0 Å². The lowest BCUT2D eigenvalue weighted by molar-refractivity contribution is -0.143. The van der Waals surface area contributed by atoms with E-state index in [4.69, 9.17) is 9.47 Å². The standard InChI is InChI=1S/C21H22O5/c1-15(25-20(23)18-11-7-4-8-12-18)13-14-16(2)26-21(24)19(22)17-9-5-3-6-10-17/h3-12,15-16H,13-14H2,1-2H3. The Labute approximate surface area is 152 Å². The summed E-state index contributed by atoms with van der Waals surface area (Å²) in [6.45, 7) is 3.49. The van der Waals surface area contributed by atoms with Gasteiger partial charge in [0.15, 0.2) is 0 Å². The summed E-state index contributed by atoms with van der Waals surface area (Å²) in [7, 11) is 0. The van der Waals surface area contributed by atoms with Crippen LogP contribution in [-0.4, -0.2) is 29.9 Å². The normalized spacial score (nSPS) is 12.7. The van der Waals surface area contributed by atoms with Gasteiger partial charge in [-0.1, -0.05) is 48.5 Å². The summed E-state index contributed by atoms with van der Waals surface area (Å²) in [6.07, 6.45) is 0.227. The molecule has 0 aromatic heterocycles. The minimum Gasteiger partial charge on any atom is -0.459 e. The van der Waals surface area contributed by atoms with Crippen LogP contribution in [0.1, 0.15) is 47.4 Å². The van der Waals surface area contributed by atoms with Gasteiger partial charge >= 0.3 is 11.9 Å². The summed E-state index contributed by atoms with van der Waals surface area (Å²) in [4.78, 5) is 35.9. The van der Waals surface area contributed by atoms with Gasteiger partial charge in [-0.3, -0.25) is 4.79 Å². The van der Waals surface area contributed by atoms with Crippen LogP contribution >= 0.6 is 0 Å². The Morgan fingerprint density at radius 3 is 1.73 bits per heavy atom. The molecule has 0 N–H and O–H groups in total. The number of carbonyl (C=O) groups is 3. The van der Waals surface area contributed by atoms with Crippen molar-refractivity contribution in [1.29, 1.82) is 0 Å². The second kappa shape index (κ2) is 9.51. The summed E-state index contributed by atoms with van der Waals surface area (Å²) in [6, 6.07) is 17.0. The average molecular weight is 354 g/mol. The molecule has 2 aromatic carbocycles. The van der Waals surface area contributed by atoms with Gasteiger partial charge in [0, 0.05) is 5.56 Å². The maximum absolute atomic E-state index is 12.0. The molecule has 26 heavy (non-hydrogen) atoms. The van der Waals surface area contributed by atoms with E-state index in [2.05, 4.69) is 0 Å². The van der Waals surface area contributed by atoms with Crippen molar-refractivity contribution < 1.29 is 23.9 Å². The van der Waals surface area contributed by atoms with E-state index in [0.717, 1.165) is 0 Å². The Morgan fingerprint density at radius 2 is 1.19 bits per heavy atom. The van der Waals surface area contributed by atoms with Gasteiger partial charge in [-0.2, -0.15) is 0 Å². The maximum atomic E-state index is 12.0. The van der Waals surface area contributed by atoms with Crippen molar-refractivity contribution in [3.8, 4) is 0 Å². The van der Waals surface area contributed by atoms with Crippen molar-refractivity contribution in [2.75, 3.05) is 0 Å². The van der Waals surface area contributed by atoms with E-state index >= 15 is 0 Å². The van der Waals surface area contributed by atoms with Gasteiger partial charge in [-0.25, -0.2) is 9.59 Å². The number of carbonyl (C=O) groups excluding carboxylic acids is 3. The zero-order valence-electron chi connectivity index (χ0n) is 14.9. The minimum atomic E-state index is -0.877. The summed E-state index contributed by atoms with van der Waals surface area (Å²) >= 11 is 0. The highest BCUT2D eigenvalue weighted by Crippen LogP contribution is 2.12. The maximum Gasteiger partial charge on any atom is 0.379 e. The van der Waals surface area contributed by atoms with Crippen LogP contribution in [0.4, 0.5) is 0 Å². The van der Waals surface area contributed by atoms with Gasteiger partial charge in [0.05, 0.1) is 17.8 Å². The molecule has 0 spiro atoms. The molecular formula is C21H22O5. The molecule has 2 atom stereocenters. The second-order valence-electron chi connectivity index (χ2n) is 6.07. The lowest BCUT2D eigenvalue weighted by Crippen LogP contribution is -2.24. The Kier molecular flexibility index (Phi) is 7.09. The van der Waals surface area contributed by atoms with E-state index in [9.17, 15) is 14.4 Å². The molecule has 136 valence electrons. The van der Waals surface area contributed by atoms with Crippen LogP contribution in [0.15, 0.2) is 60.7 Å². The molecule has 0 aliphatic carbocycles. The smallest absolute Gasteiger partial charge is 0.379 e. The molecule has 0 bridgehead atoms. The Balaban J connectivity index is 1.75. The lowest BCUT2D eigenvalue weighted by Gasteiger charge is -2.17. The Bertz CT molecular complexity index is 740. The fraction of sp³-hybridized carbons (Fsp3) is 0.286. The quantitative estimate of drug-likeness (QED) is 0.409. The molecule has 2 rings (SSSR count). The first kappa shape index (κ1) is 19.4. The third-order valence-electron chi connectivity index (χ3n) is 3.83. The van der Waals surface area contributed by atoms with E-state index in [0.29, 0.717) is 24.0 Å². The van der Waals surface area contributed by atoms with E-state index < -0.39 is 17.9 Å². The van der Waals surface area contributed by atoms with E-state index in [1.165, 1.54) is 0 Å². The van der Waals surface area contributed by atoms with Crippen molar-refractivity contribution in [2.24, 2.45) is 0 Å². The van der Waals surface area contributed by atoms with Crippen LogP contribution in [-0.2, 0) is 14.3 Å². The average Bonchev–Trinajstić information content (AvgIpc) is 2.67. The molecule has 0 amide bonds. The molecule has 0 saturated carbocycles. The van der Waals surface area contributed by atoms with E-state index in [1.54, 1.807) is 68.4 Å². The SMILES string of the molecule is CC(CCC(C)OC(=O)c1ccccc1)OC(=O)C(=O)c1ccccc1. The summed E-state index contributed by atoms with van der Waals surface area (Å²) in [5.74, 6) is -1.93. The van der Waals surface area contributed by atoms with Crippen LogP contribution < -0.4 is 0 Å². The van der Waals surface area contributed by atoms with Gasteiger partial charge in [-0.15, -0.1) is 0 Å². The number of benzene rings is 2. The van der Waals surface area contributed by atoms with Crippen molar-refractivity contribution in [3.05, 3.63) is 71.8 Å². The van der Waals surface area contributed by atoms with Gasteiger partial charge < -0.3 is 9.47 Å². The molecule has 0 saturated heterocycles. The molecule has 2 unspecified atom stereocenters. The van der Waals surface area contributed by atoms with Crippen molar-refractivity contribution in [2.45, 2.75) is 38.9 Å². The first-order valence-corrected chi connectivity index (χ1v) is 8.53. The second-order valence-corrected chi connectivity index (χ2v) is 6.07. The molecule has 0 radical (unpaired) electrons. The summed E-state index contributed by atoms with van der Waals surface area (Å²) in [5, 5.41) is 0. The summed E-state index contributed by atoms with van der Waals surface area (Å²) < 4.78 is 10.5. The fourth-order valence-corrected chi connectivity index (χ4v) is 2.36. The van der Waals surface area contributed by atoms with Crippen LogP contribution in [0.5, 0.6) is 0 Å². The van der Waals surface area contributed by atoms with Crippen LogP contribution in [0.25, 0.3) is 0 Å². The zero-order chi connectivity index (χ0) is 18.9. The highest BCUT2D eigenvalue weighted by atomic mass is 16.6. The van der Waals surface area contributed by atoms with Gasteiger partial charge in [0.25, 0.3) is 5.78 Å². The first-order valence-electron chi connectivity index (χ1n) is 8.53. The van der Waals surface area contributed by atoms with Crippen LogP contribution in [0.2, 0.25) is 0 Å². The van der Waals surface area contributed by atoms with Gasteiger partial charge in [0.2, 0.25) is 0 Å². The number of esters is 2. The van der Waals surface area contributed by atoms with Gasteiger partial charge in [-0.05, 0) is 38.8 Å². The monoisotopic (exact) mass is 354 g/mol. The van der Waals surface area contributed by atoms with E-state index in [1.807, 2.05) is 6.07 Å². The first-order chi connectivity index (χ1) is 12.5. The number of ketones is 1. The summed E-state index contributed by atoms with van der Waals surface area (Å²) in [5.41, 5.74) is 0.794. The Morgan fingerprint density at radius 1 is 0.731 bits per heavy atom. The molecule has 0 aliphatic rings.